The number of halogens is 1. The molecule has 1 atom stereocenters. The highest BCUT2D eigenvalue weighted by Gasteiger charge is 2.20. The maximum atomic E-state index is 13.7. The van der Waals surface area contributed by atoms with E-state index in [-0.39, 0.29) is 5.82 Å². The molecule has 5 heteroatoms. The molecular weight excluding hydrogens is 219 g/mol. The van der Waals surface area contributed by atoms with Crippen LogP contribution in [0.5, 0.6) is 0 Å². The van der Waals surface area contributed by atoms with Crippen LogP contribution in [-0.4, -0.2) is 9.55 Å². The number of hydrogen-bond acceptors (Lipinski definition) is 3. The van der Waals surface area contributed by atoms with Gasteiger partial charge in [-0.2, -0.15) is 0 Å². The topological polar surface area (TPSA) is 55.9 Å². The van der Waals surface area contributed by atoms with Crippen LogP contribution < -0.4 is 11.3 Å². The summed E-state index contributed by atoms with van der Waals surface area (Å²) in [6, 6.07) is 6.11. The summed E-state index contributed by atoms with van der Waals surface area (Å²) in [5, 5.41) is 0. The van der Waals surface area contributed by atoms with Gasteiger partial charge in [0, 0.05) is 24.5 Å². The van der Waals surface area contributed by atoms with Gasteiger partial charge in [-0.05, 0) is 13.0 Å². The van der Waals surface area contributed by atoms with Crippen LogP contribution in [0, 0.1) is 5.82 Å². The van der Waals surface area contributed by atoms with Crippen LogP contribution in [-0.2, 0) is 6.54 Å². The Morgan fingerprint density at radius 2 is 2.24 bits per heavy atom. The first-order valence-electron chi connectivity index (χ1n) is 5.49. The van der Waals surface area contributed by atoms with Gasteiger partial charge < -0.3 is 4.57 Å². The molecule has 0 amide bonds. The second kappa shape index (κ2) is 5.07. The van der Waals surface area contributed by atoms with Crippen molar-refractivity contribution in [2.75, 3.05) is 0 Å². The van der Waals surface area contributed by atoms with E-state index in [1.165, 1.54) is 6.07 Å². The van der Waals surface area contributed by atoms with Crippen LogP contribution in [0.2, 0.25) is 0 Å². The summed E-state index contributed by atoms with van der Waals surface area (Å²) in [5.74, 6) is 5.94. The molecule has 0 saturated carbocycles. The van der Waals surface area contributed by atoms with Crippen LogP contribution in [0.25, 0.3) is 0 Å². The number of aromatic nitrogens is 2. The van der Waals surface area contributed by atoms with E-state index in [1.54, 1.807) is 24.4 Å². The number of imidazole rings is 1. The molecular formula is C12H15FN4. The summed E-state index contributed by atoms with van der Waals surface area (Å²) in [5.41, 5.74) is 3.11. The Morgan fingerprint density at radius 1 is 1.47 bits per heavy atom. The average Bonchev–Trinajstić information content (AvgIpc) is 2.81. The van der Waals surface area contributed by atoms with Crippen molar-refractivity contribution in [1.82, 2.24) is 15.0 Å². The van der Waals surface area contributed by atoms with Gasteiger partial charge in [-0.25, -0.2) is 14.8 Å². The molecule has 2 rings (SSSR count). The molecule has 0 saturated heterocycles. The third kappa shape index (κ3) is 2.20. The first kappa shape index (κ1) is 11.8. The van der Waals surface area contributed by atoms with Crippen molar-refractivity contribution in [3.05, 3.63) is 53.9 Å². The molecule has 1 heterocycles. The third-order valence-electron chi connectivity index (χ3n) is 2.73. The number of nitrogens with two attached hydrogens (primary N) is 1. The van der Waals surface area contributed by atoms with Gasteiger partial charge in [0.1, 0.15) is 17.7 Å². The van der Waals surface area contributed by atoms with Gasteiger partial charge in [-0.15, -0.1) is 0 Å². The summed E-state index contributed by atoms with van der Waals surface area (Å²) in [6.45, 7) is 2.77. The lowest BCUT2D eigenvalue weighted by Gasteiger charge is -2.17. The molecule has 0 radical (unpaired) electrons. The smallest absolute Gasteiger partial charge is 0.131 e. The normalized spacial score (nSPS) is 12.6. The molecule has 0 aliphatic carbocycles. The summed E-state index contributed by atoms with van der Waals surface area (Å²) in [6.07, 6.45) is 3.53. The fourth-order valence-corrected chi connectivity index (χ4v) is 1.86. The molecule has 0 bridgehead atoms. The van der Waals surface area contributed by atoms with Crippen molar-refractivity contribution in [2.24, 2.45) is 5.84 Å². The Labute approximate surface area is 99.2 Å². The summed E-state index contributed by atoms with van der Waals surface area (Å²) in [4.78, 5) is 4.23. The van der Waals surface area contributed by atoms with Crippen molar-refractivity contribution < 1.29 is 4.39 Å². The largest absolute Gasteiger partial charge is 0.334 e. The average molecular weight is 234 g/mol. The Hall–Kier alpha value is -1.72. The summed E-state index contributed by atoms with van der Waals surface area (Å²) in [7, 11) is 0. The number of nitrogens with zero attached hydrogens (tertiary/aromatic N) is 2. The van der Waals surface area contributed by atoms with Crippen LogP contribution in [0.4, 0.5) is 4.39 Å². The molecule has 0 aliphatic heterocycles. The van der Waals surface area contributed by atoms with Crippen molar-refractivity contribution in [2.45, 2.75) is 19.5 Å². The lowest BCUT2D eigenvalue weighted by molar-refractivity contribution is 0.523. The molecule has 2 aromatic rings. The predicted molar refractivity (Wildman–Crippen MR) is 63.5 cm³/mol. The predicted octanol–water partition coefficient (Wildman–Crippen LogP) is 1.59. The highest BCUT2D eigenvalue weighted by atomic mass is 19.1. The highest BCUT2D eigenvalue weighted by molar-refractivity contribution is 5.26. The van der Waals surface area contributed by atoms with Gasteiger partial charge in [-0.1, -0.05) is 18.2 Å². The SMILES string of the molecule is CCn1ccnc1C(NN)c1ccccc1F. The second-order valence-corrected chi connectivity index (χ2v) is 3.69. The highest BCUT2D eigenvalue weighted by Crippen LogP contribution is 2.22. The van der Waals surface area contributed by atoms with Crippen LogP contribution in [0.1, 0.15) is 24.4 Å². The van der Waals surface area contributed by atoms with E-state index in [1.807, 2.05) is 17.7 Å². The van der Waals surface area contributed by atoms with E-state index >= 15 is 0 Å². The van der Waals surface area contributed by atoms with E-state index < -0.39 is 6.04 Å². The first-order chi connectivity index (χ1) is 8.27. The lowest BCUT2D eigenvalue weighted by atomic mass is 10.1. The number of aryl methyl sites for hydroxylation is 1. The summed E-state index contributed by atoms with van der Waals surface area (Å²) < 4.78 is 15.6. The van der Waals surface area contributed by atoms with E-state index in [2.05, 4.69) is 10.4 Å². The number of hydrazine groups is 1. The minimum atomic E-state index is -0.439. The van der Waals surface area contributed by atoms with Gasteiger partial charge in [0.15, 0.2) is 0 Å². The molecule has 17 heavy (non-hydrogen) atoms. The van der Waals surface area contributed by atoms with Crippen molar-refractivity contribution in [3.8, 4) is 0 Å². The number of benzene rings is 1. The first-order valence-corrected chi connectivity index (χ1v) is 5.49. The third-order valence-corrected chi connectivity index (χ3v) is 2.73. The van der Waals surface area contributed by atoms with Crippen LogP contribution in [0.15, 0.2) is 36.7 Å². The lowest BCUT2D eigenvalue weighted by Crippen LogP contribution is -2.31. The zero-order valence-corrected chi connectivity index (χ0v) is 9.60. The maximum Gasteiger partial charge on any atom is 0.131 e. The monoisotopic (exact) mass is 234 g/mol. The molecule has 1 aromatic heterocycles. The second-order valence-electron chi connectivity index (χ2n) is 3.69. The molecule has 0 fully saturated rings. The summed E-state index contributed by atoms with van der Waals surface area (Å²) >= 11 is 0. The Morgan fingerprint density at radius 3 is 2.88 bits per heavy atom. The number of rotatable bonds is 4. The van der Waals surface area contributed by atoms with E-state index in [0.717, 1.165) is 6.54 Å². The van der Waals surface area contributed by atoms with E-state index in [0.29, 0.717) is 11.4 Å². The minimum absolute atomic E-state index is 0.291. The molecule has 1 aromatic carbocycles. The van der Waals surface area contributed by atoms with Gasteiger partial charge in [0.05, 0.1) is 0 Å². The minimum Gasteiger partial charge on any atom is -0.334 e. The number of hydrogen-bond donors (Lipinski definition) is 2. The maximum absolute atomic E-state index is 13.7. The van der Waals surface area contributed by atoms with Gasteiger partial charge in [-0.3, -0.25) is 5.84 Å². The van der Waals surface area contributed by atoms with Gasteiger partial charge in [0.25, 0.3) is 0 Å². The van der Waals surface area contributed by atoms with Crippen LogP contribution in [0.3, 0.4) is 0 Å². The van der Waals surface area contributed by atoms with E-state index in [4.69, 9.17) is 5.84 Å². The van der Waals surface area contributed by atoms with Gasteiger partial charge in [0.2, 0.25) is 0 Å². The van der Waals surface area contributed by atoms with E-state index in [9.17, 15) is 4.39 Å². The van der Waals surface area contributed by atoms with Crippen molar-refractivity contribution in [1.29, 1.82) is 0 Å². The quantitative estimate of drug-likeness (QED) is 0.624. The molecule has 90 valence electrons. The molecule has 0 spiro atoms. The molecule has 0 aliphatic rings. The zero-order valence-electron chi connectivity index (χ0n) is 9.60. The van der Waals surface area contributed by atoms with Crippen molar-refractivity contribution >= 4 is 0 Å². The Bertz CT molecular complexity index is 495. The fourth-order valence-electron chi connectivity index (χ4n) is 1.86. The van der Waals surface area contributed by atoms with Crippen molar-refractivity contribution in [3.63, 3.8) is 0 Å². The number of nitrogens with one attached hydrogen (secondary N) is 1. The zero-order chi connectivity index (χ0) is 12.3. The van der Waals surface area contributed by atoms with Crippen LogP contribution >= 0.6 is 0 Å². The Kier molecular flexibility index (Phi) is 3.51. The fraction of sp³-hybridized carbons (Fsp3) is 0.250. The standard InChI is InChI=1S/C12H15FN4/c1-2-17-8-7-15-12(17)11(16-14)9-5-3-4-6-10(9)13/h3-8,11,16H,2,14H2,1H3. The molecule has 4 nitrogen and oxygen atoms in total. The molecule has 1 unspecified atom stereocenters. The molecule has 3 N–H and O–H groups in total. The van der Waals surface area contributed by atoms with Gasteiger partial charge >= 0.3 is 0 Å². The Balaban J connectivity index is 2.44.